The molecule has 4 heteroatoms. The van der Waals surface area contributed by atoms with Crippen molar-refractivity contribution in [2.45, 2.75) is 51.7 Å². The van der Waals surface area contributed by atoms with Crippen molar-refractivity contribution in [2.24, 2.45) is 10.9 Å². The highest BCUT2D eigenvalue weighted by Crippen LogP contribution is 2.23. The fourth-order valence-electron chi connectivity index (χ4n) is 3.11. The normalized spacial score (nSPS) is 22.2. The zero-order chi connectivity index (χ0) is 16.7. The second-order valence-corrected chi connectivity index (χ2v) is 7.08. The van der Waals surface area contributed by atoms with E-state index in [9.17, 15) is 0 Å². The number of nitrogens with zero attached hydrogens (tertiary/aromatic N) is 2. The molecule has 0 amide bonds. The van der Waals surface area contributed by atoms with Crippen molar-refractivity contribution in [2.75, 3.05) is 21.1 Å². The minimum atomic E-state index is 0.569. The van der Waals surface area contributed by atoms with Crippen LogP contribution in [0.15, 0.2) is 29.3 Å². The molecule has 1 aromatic rings. The van der Waals surface area contributed by atoms with Crippen LogP contribution < -0.4 is 10.6 Å². The zero-order valence-corrected chi connectivity index (χ0v) is 15.1. The molecule has 0 aromatic heterocycles. The van der Waals surface area contributed by atoms with Crippen molar-refractivity contribution in [3.8, 4) is 0 Å². The molecule has 0 aliphatic heterocycles. The predicted molar refractivity (Wildman–Crippen MR) is 98.6 cm³/mol. The maximum Gasteiger partial charge on any atom is 0.191 e. The molecule has 0 heterocycles. The van der Waals surface area contributed by atoms with Crippen molar-refractivity contribution in [3.05, 3.63) is 35.4 Å². The van der Waals surface area contributed by atoms with Crippen LogP contribution in [0.3, 0.4) is 0 Å². The van der Waals surface area contributed by atoms with Gasteiger partial charge in [-0.15, -0.1) is 0 Å². The van der Waals surface area contributed by atoms with Crippen molar-refractivity contribution >= 4 is 5.96 Å². The Morgan fingerprint density at radius 3 is 2.26 bits per heavy atom. The van der Waals surface area contributed by atoms with Gasteiger partial charge in [-0.05, 0) is 56.8 Å². The van der Waals surface area contributed by atoms with Crippen LogP contribution in [0.5, 0.6) is 0 Å². The van der Waals surface area contributed by atoms with E-state index < -0.39 is 0 Å². The summed E-state index contributed by atoms with van der Waals surface area (Å²) >= 11 is 0. The quantitative estimate of drug-likeness (QED) is 0.648. The lowest BCUT2D eigenvalue weighted by molar-refractivity contribution is 0.329. The first-order valence-electron chi connectivity index (χ1n) is 8.76. The Morgan fingerprint density at radius 2 is 1.70 bits per heavy atom. The van der Waals surface area contributed by atoms with Gasteiger partial charge < -0.3 is 15.5 Å². The van der Waals surface area contributed by atoms with Crippen molar-refractivity contribution in [1.29, 1.82) is 0 Å². The molecule has 1 aliphatic carbocycles. The van der Waals surface area contributed by atoms with Gasteiger partial charge in [0.25, 0.3) is 0 Å². The SMILES string of the molecule is CN=C(NCc1ccc(CN(C)C)cc1)NC1CCC(C)CC1. The molecule has 4 nitrogen and oxygen atoms in total. The molecule has 0 spiro atoms. The molecule has 2 N–H and O–H groups in total. The van der Waals surface area contributed by atoms with Crippen LogP contribution in [-0.2, 0) is 13.1 Å². The maximum atomic E-state index is 4.36. The Hall–Kier alpha value is -1.55. The Balaban J connectivity index is 1.79. The molecule has 1 fully saturated rings. The fourth-order valence-corrected chi connectivity index (χ4v) is 3.11. The molecule has 23 heavy (non-hydrogen) atoms. The van der Waals surface area contributed by atoms with Crippen molar-refractivity contribution in [3.63, 3.8) is 0 Å². The van der Waals surface area contributed by atoms with E-state index in [1.54, 1.807) is 0 Å². The van der Waals surface area contributed by atoms with Crippen LogP contribution in [0.1, 0.15) is 43.7 Å². The van der Waals surface area contributed by atoms with Gasteiger partial charge in [0.05, 0.1) is 0 Å². The Labute approximate surface area is 141 Å². The molecule has 1 saturated carbocycles. The summed E-state index contributed by atoms with van der Waals surface area (Å²) in [6, 6.07) is 9.37. The third-order valence-electron chi connectivity index (χ3n) is 4.56. The maximum absolute atomic E-state index is 4.36. The summed E-state index contributed by atoms with van der Waals surface area (Å²) in [6.07, 6.45) is 5.15. The van der Waals surface area contributed by atoms with Gasteiger partial charge in [-0.1, -0.05) is 31.2 Å². The molecule has 128 valence electrons. The van der Waals surface area contributed by atoms with E-state index in [4.69, 9.17) is 0 Å². The number of benzene rings is 1. The highest BCUT2D eigenvalue weighted by molar-refractivity contribution is 5.79. The third-order valence-corrected chi connectivity index (χ3v) is 4.56. The average molecular weight is 316 g/mol. The second kappa shape index (κ2) is 8.92. The van der Waals surface area contributed by atoms with Gasteiger partial charge in [0, 0.05) is 26.2 Å². The van der Waals surface area contributed by atoms with Crippen LogP contribution in [0.25, 0.3) is 0 Å². The van der Waals surface area contributed by atoms with Crippen LogP contribution in [0.2, 0.25) is 0 Å². The second-order valence-electron chi connectivity index (χ2n) is 7.08. The largest absolute Gasteiger partial charge is 0.354 e. The number of rotatable bonds is 5. The van der Waals surface area contributed by atoms with Gasteiger partial charge in [0.2, 0.25) is 0 Å². The first kappa shape index (κ1) is 17.8. The van der Waals surface area contributed by atoms with E-state index in [0.717, 1.165) is 25.0 Å². The molecule has 1 aromatic carbocycles. The van der Waals surface area contributed by atoms with E-state index in [2.05, 4.69) is 65.8 Å². The topological polar surface area (TPSA) is 39.7 Å². The summed E-state index contributed by atoms with van der Waals surface area (Å²) < 4.78 is 0. The van der Waals surface area contributed by atoms with Crippen LogP contribution in [0, 0.1) is 5.92 Å². The summed E-state index contributed by atoms with van der Waals surface area (Å²) in [4.78, 5) is 6.55. The van der Waals surface area contributed by atoms with Crippen LogP contribution in [-0.4, -0.2) is 38.0 Å². The van der Waals surface area contributed by atoms with Gasteiger partial charge in [0.15, 0.2) is 5.96 Å². The number of nitrogens with one attached hydrogen (secondary N) is 2. The van der Waals surface area contributed by atoms with E-state index in [0.29, 0.717) is 6.04 Å². The standard InChI is InChI=1S/C19H32N4/c1-15-5-11-18(12-6-15)22-19(20-2)21-13-16-7-9-17(10-8-16)14-23(3)4/h7-10,15,18H,5-6,11-14H2,1-4H3,(H2,20,21,22). The number of hydrogen-bond donors (Lipinski definition) is 2. The monoisotopic (exact) mass is 316 g/mol. The van der Waals surface area contributed by atoms with E-state index in [1.807, 2.05) is 7.05 Å². The summed E-state index contributed by atoms with van der Waals surface area (Å²) in [7, 11) is 6.04. The molecular weight excluding hydrogens is 284 g/mol. The summed E-state index contributed by atoms with van der Waals surface area (Å²) in [5.41, 5.74) is 2.63. The van der Waals surface area contributed by atoms with E-state index in [-0.39, 0.29) is 0 Å². The first-order chi connectivity index (χ1) is 11.1. The van der Waals surface area contributed by atoms with Crippen LogP contribution in [0.4, 0.5) is 0 Å². The number of hydrogen-bond acceptors (Lipinski definition) is 2. The Morgan fingerprint density at radius 1 is 1.09 bits per heavy atom. The highest BCUT2D eigenvalue weighted by Gasteiger charge is 2.18. The molecular formula is C19H32N4. The summed E-state index contributed by atoms with van der Waals surface area (Å²) in [5.74, 6) is 1.80. The molecule has 0 bridgehead atoms. The molecule has 1 aliphatic rings. The number of guanidine groups is 1. The van der Waals surface area contributed by atoms with Crippen molar-refractivity contribution in [1.82, 2.24) is 15.5 Å². The minimum Gasteiger partial charge on any atom is -0.354 e. The van der Waals surface area contributed by atoms with E-state index in [1.165, 1.54) is 36.8 Å². The van der Waals surface area contributed by atoms with Gasteiger partial charge >= 0.3 is 0 Å². The lowest BCUT2D eigenvalue weighted by atomic mass is 9.87. The molecule has 2 rings (SSSR count). The molecule has 0 atom stereocenters. The summed E-state index contributed by atoms with van der Waals surface area (Å²) in [6.45, 7) is 4.14. The van der Waals surface area contributed by atoms with Gasteiger partial charge in [-0.2, -0.15) is 0 Å². The minimum absolute atomic E-state index is 0.569. The molecule has 0 unspecified atom stereocenters. The summed E-state index contributed by atoms with van der Waals surface area (Å²) in [5, 5.41) is 7.00. The molecule has 0 saturated heterocycles. The van der Waals surface area contributed by atoms with E-state index >= 15 is 0 Å². The fraction of sp³-hybridized carbons (Fsp3) is 0.632. The van der Waals surface area contributed by atoms with Crippen LogP contribution >= 0.6 is 0 Å². The first-order valence-corrected chi connectivity index (χ1v) is 8.76. The lowest BCUT2D eigenvalue weighted by Crippen LogP contribution is -2.44. The van der Waals surface area contributed by atoms with Gasteiger partial charge in [-0.25, -0.2) is 0 Å². The number of aliphatic imine (C=N–C) groups is 1. The Kier molecular flexibility index (Phi) is 6.90. The van der Waals surface area contributed by atoms with Gasteiger partial charge in [-0.3, -0.25) is 4.99 Å². The predicted octanol–water partition coefficient (Wildman–Crippen LogP) is 2.99. The Bertz CT molecular complexity index is 485. The third kappa shape index (κ3) is 6.22. The smallest absolute Gasteiger partial charge is 0.191 e. The zero-order valence-electron chi connectivity index (χ0n) is 15.1. The lowest BCUT2D eigenvalue weighted by Gasteiger charge is -2.28. The molecule has 0 radical (unpaired) electrons. The highest BCUT2D eigenvalue weighted by atomic mass is 15.2. The van der Waals surface area contributed by atoms with Gasteiger partial charge in [0.1, 0.15) is 0 Å². The van der Waals surface area contributed by atoms with Crippen molar-refractivity contribution < 1.29 is 0 Å². The average Bonchev–Trinajstić information content (AvgIpc) is 2.54.